The van der Waals surface area contributed by atoms with Crippen molar-refractivity contribution in [2.24, 2.45) is 0 Å². The van der Waals surface area contributed by atoms with E-state index >= 15 is 0 Å². The Morgan fingerprint density at radius 2 is 2.06 bits per heavy atom. The third-order valence-electron chi connectivity index (χ3n) is 4.24. The highest BCUT2D eigenvalue weighted by molar-refractivity contribution is 5.49. The second-order valence-electron chi connectivity index (χ2n) is 5.27. The zero-order valence-corrected chi connectivity index (χ0v) is 11.6. The van der Waals surface area contributed by atoms with Crippen molar-refractivity contribution < 1.29 is 4.39 Å². The van der Waals surface area contributed by atoms with Crippen LogP contribution in [-0.2, 0) is 0 Å². The van der Waals surface area contributed by atoms with Crippen molar-refractivity contribution in [1.29, 1.82) is 0 Å². The Labute approximate surface area is 109 Å². The van der Waals surface area contributed by atoms with Gasteiger partial charge < -0.3 is 10.2 Å². The summed E-state index contributed by atoms with van der Waals surface area (Å²) >= 11 is 0. The lowest BCUT2D eigenvalue weighted by Crippen LogP contribution is -2.60. The van der Waals surface area contributed by atoms with E-state index < -0.39 is 0 Å². The van der Waals surface area contributed by atoms with Gasteiger partial charge >= 0.3 is 0 Å². The first kappa shape index (κ1) is 13.3. The second kappa shape index (κ2) is 5.27. The molecule has 100 valence electrons. The molecule has 2 rings (SSSR count). The fourth-order valence-corrected chi connectivity index (χ4v) is 2.73. The zero-order valence-electron chi connectivity index (χ0n) is 11.6. The SMILES string of the molecule is CCC1(CC)CN(c2ccc(F)c(C)c2)CCN1. The lowest BCUT2D eigenvalue weighted by Gasteiger charge is -2.44. The molecule has 3 heteroatoms. The minimum Gasteiger partial charge on any atom is -0.368 e. The number of piperazine rings is 1. The van der Waals surface area contributed by atoms with Crippen molar-refractivity contribution in [2.45, 2.75) is 39.2 Å². The number of halogens is 1. The molecule has 0 bridgehead atoms. The zero-order chi connectivity index (χ0) is 13.2. The maximum atomic E-state index is 13.3. The largest absolute Gasteiger partial charge is 0.368 e. The average molecular weight is 250 g/mol. The summed E-state index contributed by atoms with van der Waals surface area (Å²) in [6.07, 6.45) is 2.25. The fraction of sp³-hybridized carbons (Fsp3) is 0.600. The first-order valence-electron chi connectivity index (χ1n) is 6.86. The van der Waals surface area contributed by atoms with Gasteiger partial charge in [-0.3, -0.25) is 0 Å². The average Bonchev–Trinajstić information content (AvgIpc) is 2.42. The maximum Gasteiger partial charge on any atom is 0.126 e. The summed E-state index contributed by atoms with van der Waals surface area (Å²) in [5.41, 5.74) is 2.08. The summed E-state index contributed by atoms with van der Waals surface area (Å²) in [7, 11) is 0. The molecule has 0 amide bonds. The molecule has 1 saturated heterocycles. The summed E-state index contributed by atoms with van der Waals surface area (Å²) in [5.74, 6) is -0.119. The van der Waals surface area contributed by atoms with Crippen LogP contribution < -0.4 is 10.2 Å². The molecule has 18 heavy (non-hydrogen) atoms. The van der Waals surface area contributed by atoms with Crippen molar-refractivity contribution in [1.82, 2.24) is 5.32 Å². The van der Waals surface area contributed by atoms with Gasteiger partial charge in [0.05, 0.1) is 0 Å². The molecular weight excluding hydrogens is 227 g/mol. The van der Waals surface area contributed by atoms with Gasteiger partial charge in [-0.25, -0.2) is 4.39 Å². The van der Waals surface area contributed by atoms with Crippen LogP contribution in [0.4, 0.5) is 10.1 Å². The van der Waals surface area contributed by atoms with E-state index in [4.69, 9.17) is 0 Å². The van der Waals surface area contributed by atoms with Gasteiger partial charge in [0.2, 0.25) is 0 Å². The summed E-state index contributed by atoms with van der Waals surface area (Å²) in [4.78, 5) is 2.37. The first-order valence-corrected chi connectivity index (χ1v) is 6.86. The molecule has 1 aliphatic rings. The molecule has 0 saturated carbocycles. The molecule has 1 aromatic carbocycles. The Morgan fingerprint density at radius 1 is 1.33 bits per heavy atom. The normalized spacial score (nSPS) is 19.0. The summed E-state index contributed by atoms with van der Waals surface area (Å²) in [6.45, 7) is 9.29. The van der Waals surface area contributed by atoms with Crippen molar-refractivity contribution in [3.8, 4) is 0 Å². The van der Waals surface area contributed by atoms with Gasteiger partial charge in [0.25, 0.3) is 0 Å². The van der Waals surface area contributed by atoms with Crippen LogP contribution in [0.25, 0.3) is 0 Å². The summed E-state index contributed by atoms with van der Waals surface area (Å²) in [5, 5.41) is 3.64. The smallest absolute Gasteiger partial charge is 0.126 e. The van der Waals surface area contributed by atoms with E-state index in [9.17, 15) is 4.39 Å². The number of benzene rings is 1. The number of anilines is 1. The molecule has 0 unspecified atom stereocenters. The van der Waals surface area contributed by atoms with E-state index in [0.29, 0.717) is 0 Å². The Kier molecular flexibility index (Phi) is 3.91. The Balaban J connectivity index is 2.20. The van der Waals surface area contributed by atoms with E-state index in [1.807, 2.05) is 19.1 Å². The third kappa shape index (κ3) is 2.51. The Morgan fingerprint density at radius 3 is 2.67 bits per heavy atom. The van der Waals surface area contributed by atoms with Crippen LogP contribution in [0.2, 0.25) is 0 Å². The number of nitrogens with zero attached hydrogens (tertiary/aromatic N) is 1. The number of hydrogen-bond acceptors (Lipinski definition) is 2. The molecule has 1 aliphatic heterocycles. The Bertz CT molecular complexity index is 413. The minimum atomic E-state index is -0.119. The molecule has 1 N–H and O–H groups in total. The first-order chi connectivity index (χ1) is 8.60. The van der Waals surface area contributed by atoms with Gasteiger partial charge in [-0.2, -0.15) is 0 Å². The molecule has 1 fully saturated rings. The lowest BCUT2D eigenvalue weighted by molar-refractivity contribution is 0.277. The monoisotopic (exact) mass is 250 g/mol. The molecule has 0 radical (unpaired) electrons. The van der Waals surface area contributed by atoms with Gasteiger partial charge in [0.1, 0.15) is 5.82 Å². The van der Waals surface area contributed by atoms with Crippen molar-refractivity contribution in [3.05, 3.63) is 29.6 Å². The van der Waals surface area contributed by atoms with E-state index in [2.05, 4.69) is 24.1 Å². The van der Waals surface area contributed by atoms with E-state index in [0.717, 1.165) is 43.7 Å². The standard InChI is InChI=1S/C15H23FN2/c1-4-15(5-2)11-18(9-8-17-15)13-6-7-14(16)12(3)10-13/h6-7,10,17H,4-5,8-9,11H2,1-3H3. The topological polar surface area (TPSA) is 15.3 Å². The number of aryl methyl sites for hydroxylation is 1. The molecule has 1 heterocycles. The van der Waals surface area contributed by atoms with E-state index in [1.165, 1.54) is 0 Å². The van der Waals surface area contributed by atoms with Crippen LogP contribution in [0, 0.1) is 12.7 Å². The van der Waals surface area contributed by atoms with Crippen molar-refractivity contribution in [3.63, 3.8) is 0 Å². The molecule has 0 aliphatic carbocycles. The Hall–Kier alpha value is -1.09. The lowest BCUT2D eigenvalue weighted by atomic mass is 9.90. The third-order valence-corrected chi connectivity index (χ3v) is 4.24. The number of rotatable bonds is 3. The van der Waals surface area contributed by atoms with Crippen LogP contribution in [0.5, 0.6) is 0 Å². The van der Waals surface area contributed by atoms with Crippen LogP contribution in [0.3, 0.4) is 0 Å². The van der Waals surface area contributed by atoms with Crippen LogP contribution in [-0.4, -0.2) is 25.2 Å². The van der Waals surface area contributed by atoms with Crippen molar-refractivity contribution >= 4 is 5.69 Å². The highest BCUT2D eigenvalue weighted by Crippen LogP contribution is 2.25. The van der Waals surface area contributed by atoms with Crippen LogP contribution in [0.15, 0.2) is 18.2 Å². The maximum absolute atomic E-state index is 13.3. The van der Waals surface area contributed by atoms with E-state index in [-0.39, 0.29) is 11.4 Å². The predicted molar refractivity (Wildman–Crippen MR) is 74.7 cm³/mol. The second-order valence-corrected chi connectivity index (χ2v) is 5.27. The predicted octanol–water partition coefficient (Wildman–Crippen LogP) is 3.10. The molecule has 0 aromatic heterocycles. The quantitative estimate of drug-likeness (QED) is 0.886. The molecule has 1 aromatic rings. The van der Waals surface area contributed by atoms with Gasteiger partial charge in [-0.1, -0.05) is 13.8 Å². The van der Waals surface area contributed by atoms with Crippen molar-refractivity contribution in [2.75, 3.05) is 24.5 Å². The minimum absolute atomic E-state index is 0.119. The molecular formula is C15H23FN2. The van der Waals surface area contributed by atoms with Gasteiger partial charge in [-0.05, 0) is 43.5 Å². The summed E-state index contributed by atoms with van der Waals surface area (Å²) in [6, 6.07) is 5.42. The van der Waals surface area contributed by atoms with Gasteiger partial charge in [0, 0.05) is 30.9 Å². The fourth-order valence-electron chi connectivity index (χ4n) is 2.73. The number of hydrogen-bond donors (Lipinski definition) is 1. The molecule has 2 nitrogen and oxygen atoms in total. The molecule has 0 atom stereocenters. The van der Waals surface area contributed by atoms with E-state index in [1.54, 1.807) is 6.07 Å². The van der Waals surface area contributed by atoms with Gasteiger partial charge in [0.15, 0.2) is 0 Å². The summed E-state index contributed by atoms with van der Waals surface area (Å²) < 4.78 is 13.3. The van der Waals surface area contributed by atoms with Gasteiger partial charge in [-0.15, -0.1) is 0 Å². The molecule has 0 spiro atoms. The van der Waals surface area contributed by atoms with Crippen LogP contribution >= 0.6 is 0 Å². The highest BCUT2D eigenvalue weighted by Gasteiger charge is 2.31. The highest BCUT2D eigenvalue weighted by atomic mass is 19.1. The number of nitrogens with one attached hydrogen (secondary N) is 1. The van der Waals surface area contributed by atoms with Crippen LogP contribution in [0.1, 0.15) is 32.3 Å².